The van der Waals surface area contributed by atoms with Gasteiger partial charge in [-0.2, -0.15) is 5.10 Å². The quantitative estimate of drug-likeness (QED) is 0.706. The van der Waals surface area contributed by atoms with Crippen LogP contribution < -0.4 is 11.1 Å². The third-order valence-electron chi connectivity index (χ3n) is 5.44. The van der Waals surface area contributed by atoms with Gasteiger partial charge in [0, 0.05) is 24.7 Å². The summed E-state index contributed by atoms with van der Waals surface area (Å²) in [7, 11) is 0. The van der Waals surface area contributed by atoms with Gasteiger partial charge in [-0.25, -0.2) is 9.18 Å². The summed E-state index contributed by atoms with van der Waals surface area (Å²) >= 11 is 5.96. The SMILES string of the molecule is CC(C)(C)OC(=O)N1Cc2c(C(N)=O)c(-c3ccc(F)c(Cl)c3)nn2C(CNC2CC2)C1. The Morgan fingerprint density at radius 3 is 2.66 bits per heavy atom. The Kier molecular flexibility index (Phi) is 5.89. The molecule has 1 saturated carbocycles. The van der Waals surface area contributed by atoms with Crippen molar-refractivity contribution < 1.29 is 18.7 Å². The number of amides is 2. The zero-order valence-corrected chi connectivity index (χ0v) is 19.1. The molecule has 2 aliphatic rings. The number of nitrogens with one attached hydrogen (secondary N) is 1. The second kappa shape index (κ2) is 8.37. The van der Waals surface area contributed by atoms with Gasteiger partial charge in [0.05, 0.1) is 28.9 Å². The van der Waals surface area contributed by atoms with Crippen molar-refractivity contribution in [1.82, 2.24) is 20.0 Å². The lowest BCUT2D eigenvalue weighted by Crippen LogP contribution is -2.46. The molecule has 10 heteroatoms. The number of carbonyl (C=O) groups is 2. The van der Waals surface area contributed by atoms with E-state index in [1.54, 1.807) is 30.4 Å². The third kappa shape index (κ3) is 4.73. The standard InChI is InChI=1S/C22H27ClFN5O3/c1-22(2,3)32-21(31)28-10-14(9-26-13-5-6-13)29-17(11-28)18(20(25)30)19(27-29)12-4-7-16(24)15(23)8-12/h4,7-8,13-14,26H,5-6,9-11H2,1-3H3,(H2,25,30). The Bertz CT molecular complexity index is 1060. The van der Waals surface area contributed by atoms with Crippen LogP contribution in [0.3, 0.4) is 0 Å². The fourth-order valence-corrected chi connectivity index (χ4v) is 3.99. The van der Waals surface area contributed by atoms with Crippen molar-refractivity contribution in [2.45, 2.75) is 57.8 Å². The number of nitrogens with two attached hydrogens (primary N) is 1. The first-order valence-corrected chi connectivity index (χ1v) is 11.0. The smallest absolute Gasteiger partial charge is 0.410 e. The van der Waals surface area contributed by atoms with Crippen molar-refractivity contribution >= 4 is 23.6 Å². The van der Waals surface area contributed by atoms with E-state index in [9.17, 15) is 14.0 Å². The molecule has 32 heavy (non-hydrogen) atoms. The van der Waals surface area contributed by atoms with Gasteiger partial charge in [-0.05, 0) is 51.8 Å². The maximum Gasteiger partial charge on any atom is 0.410 e. The van der Waals surface area contributed by atoms with Crippen LogP contribution in [0.2, 0.25) is 5.02 Å². The van der Waals surface area contributed by atoms with Crippen LogP contribution in [0.4, 0.5) is 9.18 Å². The summed E-state index contributed by atoms with van der Waals surface area (Å²) in [5, 5.41) is 8.06. The number of fused-ring (bicyclic) bond motifs is 1. The van der Waals surface area contributed by atoms with E-state index < -0.39 is 23.4 Å². The normalized spacial score (nSPS) is 18.4. The van der Waals surface area contributed by atoms with E-state index in [4.69, 9.17) is 22.1 Å². The van der Waals surface area contributed by atoms with Gasteiger partial charge in [-0.15, -0.1) is 0 Å². The molecule has 2 heterocycles. The van der Waals surface area contributed by atoms with Crippen LogP contribution in [0, 0.1) is 5.82 Å². The topological polar surface area (TPSA) is 102 Å². The van der Waals surface area contributed by atoms with Gasteiger partial charge in [-0.1, -0.05) is 11.6 Å². The maximum atomic E-state index is 13.7. The largest absolute Gasteiger partial charge is 0.444 e. The third-order valence-corrected chi connectivity index (χ3v) is 5.73. The molecule has 0 bridgehead atoms. The predicted molar refractivity (Wildman–Crippen MR) is 118 cm³/mol. The van der Waals surface area contributed by atoms with Crippen LogP contribution in [0.15, 0.2) is 18.2 Å². The molecule has 1 aromatic carbocycles. The molecule has 1 aromatic heterocycles. The predicted octanol–water partition coefficient (Wildman–Crippen LogP) is 3.49. The van der Waals surface area contributed by atoms with Crippen molar-refractivity contribution in [1.29, 1.82) is 0 Å². The highest BCUT2D eigenvalue weighted by Crippen LogP contribution is 2.34. The molecule has 1 aliphatic heterocycles. The minimum atomic E-state index is -0.679. The zero-order chi connectivity index (χ0) is 23.2. The van der Waals surface area contributed by atoms with Crippen LogP contribution in [0.25, 0.3) is 11.3 Å². The minimum absolute atomic E-state index is 0.0776. The number of aromatic nitrogens is 2. The second-order valence-electron chi connectivity index (χ2n) is 9.31. The van der Waals surface area contributed by atoms with Crippen molar-refractivity contribution in [3.63, 3.8) is 0 Å². The molecular weight excluding hydrogens is 437 g/mol. The van der Waals surface area contributed by atoms with Crippen LogP contribution in [-0.4, -0.2) is 51.4 Å². The van der Waals surface area contributed by atoms with E-state index >= 15 is 0 Å². The lowest BCUT2D eigenvalue weighted by atomic mass is 10.0. The Balaban J connectivity index is 1.76. The van der Waals surface area contributed by atoms with Gasteiger partial charge < -0.3 is 20.7 Å². The van der Waals surface area contributed by atoms with E-state index in [1.165, 1.54) is 18.2 Å². The molecule has 0 spiro atoms. The number of rotatable bonds is 5. The van der Waals surface area contributed by atoms with E-state index in [2.05, 4.69) is 10.4 Å². The molecular formula is C22H27ClFN5O3. The highest BCUT2D eigenvalue weighted by atomic mass is 35.5. The van der Waals surface area contributed by atoms with Crippen LogP contribution in [0.5, 0.6) is 0 Å². The Morgan fingerprint density at radius 2 is 2.06 bits per heavy atom. The molecule has 1 atom stereocenters. The van der Waals surface area contributed by atoms with Crippen molar-refractivity contribution in [2.75, 3.05) is 13.1 Å². The molecule has 3 N–H and O–H groups in total. The maximum absolute atomic E-state index is 13.7. The molecule has 1 unspecified atom stereocenters. The molecule has 1 fully saturated rings. The van der Waals surface area contributed by atoms with Crippen LogP contribution in [0.1, 0.15) is 55.7 Å². The minimum Gasteiger partial charge on any atom is -0.444 e. The van der Waals surface area contributed by atoms with Gasteiger partial charge in [-0.3, -0.25) is 9.48 Å². The fourth-order valence-electron chi connectivity index (χ4n) is 3.81. The van der Waals surface area contributed by atoms with E-state index in [1.807, 2.05) is 0 Å². The summed E-state index contributed by atoms with van der Waals surface area (Å²) in [6.45, 7) is 6.46. The summed E-state index contributed by atoms with van der Waals surface area (Å²) in [5.74, 6) is -1.25. The molecule has 2 aromatic rings. The lowest BCUT2D eigenvalue weighted by Gasteiger charge is -2.35. The number of carbonyl (C=O) groups excluding carboxylic acids is 2. The van der Waals surface area contributed by atoms with Gasteiger partial charge in [0.2, 0.25) is 0 Å². The van der Waals surface area contributed by atoms with E-state index in [0.29, 0.717) is 36.1 Å². The molecule has 2 amide bonds. The number of halogens is 2. The molecule has 8 nitrogen and oxygen atoms in total. The average Bonchev–Trinajstić information content (AvgIpc) is 3.44. The lowest BCUT2D eigenvalue weighted by molar-refractivity contribution is 0.0158. The summed E-state index contributed by atoms with van der Waals surface area (Å²) in [4.78, 5) is 26.9. The molecule has 172 valence electrons. The molecule has 4 rings (SSSR count). The monoisotopic (exact) mass is 463 g/mol. The first kappa shape index (κ1) is 22.5. The first-order valence-electron chi connectivity index (χ1n) is 10.6. The van der Waals surface area contributed by atoms with E-state index in [-0.39, 0.29) is 23.2 Å². The van der Waals surface area contributed by atoms with Gasteiger partial charge >= 0.3 is 6.09 Å². The number of hydrogen-bond donors (Lipinski definition) is 2. The van der Waals surface area contributed by atoms with Crippen LogP contribution >= 0.6 is 11.6 Å². The van der Waals surface area contributed by atoms with Gasteiger partial charge in [0.15, 0.2) is 0 Å². The van der Waals surface area contributed by atoms with Gasteiger partial charge in [0.1, 0.15) is 17.1 Å². The fraction of sp³-hybridized carbons (Fsp3) is 0.500. The number of nitrogens with zero attached hydrogens (tertiary/aromatic N) is 3. The van der Waals surface area contributed by atoms with Crippen molar-refractivity contribution in [3.05, 3.63) is 40.3 Å². The summed E-state index contributed by atoms with van der Waals surface area (Å²) in [5.41, 5.74) is 6.59. The summed E-state index contributed by atoms with van der Waals surface area (Å²) in [6.07, 6.45) is 1.75. The molecule has 0 saturated heterocycles. The second-order valence-corrected chi connectivity index (χ2v) is 9.71. The highest BCUT2D eigenvalue weighted by molar-refractivity contribution is 6.31. The highest BCUT2D eigenvalue weighted by Gasteiger charge is 2.37. The number of benzene rings is 1. The van der Waals surface area contributed by atoms with Crippen molar-refractivity contribution in [2.24, 2.45) is 5.73 Å². The Labute approximate surface area is 190 Å². The Morgan fingerprint density at radius 1 is 1.34 bits per heavy atom. The van der Waals surface area contributed by atoms with E-state index in [0.717, 1.165) is 12.8 Å². The molecule has 0 radical (unpaired) electrons. The zero-order valence-electron chi connectivity index (χ0n) is 18.3. The number of ether oxygens (including phenoxy) is 1. The van der Waals surface area contributed by atoms with Crippen LogP contribution in [-0.2, 0) is 11.3 Å². The number of hydrogen-bond acceptors (Lipinski definition) is 5. The number of primary amides is 1. The average molecular weight is 464 g/mol. The first-order chi connectivity index (χ1) is 15.0. The Hall–Kier alpha value is -2.65. The van der Waals surface area contributed by atoms with Crippen molar-refractivity contribution in [3.8, 4) is 11.3 Å². The van der Waals surface area contributed by atoms with Gasteiger partial charge in [0.25, 0.3) is 5.91 Å². The molecule has 1 aliphatic carbocycles. The summed E-state index contributed by atoms with van der Waals surface area (Å²) < 4.78 is 21.0. The summed E-state index contributed by atoms with van der Waals surface area (Å²) in [6, 6.07) is 4.37.